The molecule has 22 heavy (non-hydrogen) atoms. The van der Waals surface area contributed by atoms with Crippen molar-refractivity contribution in [1.82, 2.24) is 0 Å². The summed E-state index contributed by atoms with van der Waals surface area (Å²) in [7, 11) is -4.58. The van der Waals surface area contributed by atoms with E-state index in [1.807, 2.05) is 0 Å². The van der Waals surface area contributed by atoms with Gasteiger partial charge in [0.1, 0.15) is 5.75 Å². The van der Waals surface area contributed by atoms with Crippen LogP contribution < -0.4 is 39.6 Å². The summed E-state index contributed by atoms with van der Waals surface area (Å²) in [5, 5.41) is 12.1. The van der Waals surface area contributed by atoms with Crippen molar-refractivity contribution in [3.63, 3.8) is 0 Å². The third kappa shape index (κ3) is 5.32. The number of carbonyl (C=O) groups is 1. The van der Waals surface area contributed by atoms with Gasteiger partial charge >= 0.3 is 29.6 Å². The first-order chi connectivity index (χ1) is 9.85. The Morgan fingerprint density at radius 2 is 1.55 bits per heavy atom. The fourth-order valence-electron chi connectivity index (χ4n) is 1.63. The van der Waals surface area contributed by atoms with E-state index in [4.69, 9.17) is 0 Å². The molecule has 0 heterocycles. The van der Waals surface area contributed by atoms with Gasteiger partial charge in [-0.3, -0.25) is 9.52 Å². The molecule has 0 spiro atoms. The Kier molecular flexibility index (Phi) is 6.39. The normalized spacial score (nSPS) is 10.4. The number of phenols is 1. The van der Waals surface area contributed by atoms with Crippen LogP contribution in [0.2, 0.25) is 0 Å². The molecule has 7 nitrogen and oxygen atoms in total. The standard InChI is InChI=1S/C13H12N2O5S.Na/c16-12-4-2-1-3-11(12)13(17)14-9-5-7-10(8-6-9)15-21(18,19)20;/h1-8,15-16H,(H,14,17)(H,18,19,20);/q;+1/p-1. The number of anilines is 2. The molecule has 0 saturated carbocycles. The molecule has 9 heteroatoms. The first-order valence-electron chi connectivity index (χ1n) is 5.78. The van der Waals surface area contributed by atoms with Crippen LogP contribution in [0.3, 0.4) is 0 Å². The van der Waals surface area contributed by atoms with Gasteiger partial charge in [-0.1, -0.05) is 12.1 Å². The third-order valence-electron chi connectivity index (χ3n) is 2.53. The zero-order valence-corrected chi connectivity index (χ0v) is 14.4. The van der Waals surface area contributed by atoms with Crippen LogP contribution in [-0.2, 0) is 10.3 Å². The van der Waals surface area contributed by atoms with Gasteiger partial charge in [-0.15, -0.1) is 0 Å². The summed E-state index contributed by atoms with van der Waals surface area (Å²) in [6, 6.07) is 11.6. The summed E-state index contributed by atoms with van der Waals surface area (Å²) < 4.78 is 33.3. The van der Waals surface area contributed by atoms with Gasteiger partial charge in [-0.05, 0) is 36.4 Å². The minimum atomic E-state index is -4.58. The number of carbonyl (C=O) groups excluding carboxylic acids is 1. The Balaban J connectivity index is 0.00000242. The van der Waals surface area contributed by atoms with E-state index in [0.29, 0.717) is 5.69 Å². The zero-order chi connectivity index (χ0) is 15.5. The van der Waals surface area contributed by atoms with Gasteiger partial charge in [-0.2, -0.15) is 0 Å². The summed E-state index contributed by atoms with van der Waals surface area (Å²) in [5.74, 6) is -0.656. The van der Waals surface area contributed by atoms with Gasteiger partial charge < -0.3 is 15.0 Å². The molecule has 0 unspecified atom stereocenters. The quantitative estimate of drug-likeness (QED) is 0.467. The van der Waals surface area contributed by atoms with Crippen LogP contribution in [0.1, 0.15) is 10.4 Å². The minimum absolute atomic E-state index is 0. The maximum absolute atomic E-state index is 11.9. The van der Waals surface area contributed by atoms with Crippen molar-refractivity contribution in [2.24, 2.45) is 0 Å². The van der Waals surface area contributed by atoms with E-state index in [0.717, 1.165) is 0 Å². The van der Waals surface area contributed by atoms with Crippen LogP contribution in [0, 0.1) is 0 Å². The molecule has 0 atom stereocenters. The monoisotopic (exact) mass is 330 g/mol. The van der Waals surface area contributed by atoms with Crippen LogP contribution in [-0.4, -0.2) is 24.0 Å². The summed E-state index contributed by atoms with van der Waals surface area (Å²) in [6.45, 7) is 0. The number of amides is 1. The second-order valence-corrected chi connectivity index (χ2v) is 5.22. The number of para-hydroxylation sites is 1. The SMILES string of the molecule is O=C(Nc1ccc(NS(=O)(=O)[O-])cc1)c1ccccc1O.[Na+]. The number of phenolic OH excluding ortho intramolecular Hbond substituents is 1. The van der Waals surface area contributed by atoms with Crippen molar-refractivity contribution in [3.8, 4) is 5.75 Å². The Morgan fingerprint density at radius 3 is 2.09 bits per heavy atom. The number of hydrogen-bond donors (Lipinski definition) is 3. The predicted octanol–water partition coefficient (Wildman–Crippen LogP) is -1.48. The van der Waals surface area contributed by atoms with Gasteiger partial charge in [0.15, 0.2) is 10.3 Å². The summed E-state index contributed by atoms with van der Waals surface area (Å²) in [6.07, 6.45) is 0. The molecular formula is C13H11N2NaO5S. The number of rotatable bonds is 4. The zero-order valence-electron chi connectivity index (χ0n) is 11.6. The molecule has 0 aliphatic rings. The molecular weight excluding hydrogens is 319 g/mol. The molecule has 110 valence electrons. The van der Waals surface area contributed by atoms with Crippen LogP contribution in [0.25, 0.3) is 0 Å². The molecule has 3 N–H and O–H groups in total. The molecule has 0 aromatic heterocycles. The van der Waals surface area contributed by atoms with E-state index >= 15 is 0 Å². The molecule has 0 saturated heterocycles. The van der Waals surface area contributed by atoms with Crippen LogP contribution in [0.15, 0.2) is 48.5 Å². The van der Waals surface area contributed by atoms with E-state index in [1.165, 1.54) is 36.4 Å². The first kappa shape index (κ1) is 18.5. The van der Waals surface area contributed by atoms with Gasteiger partial charge in [0, 0.05) is 11.4 Å². The third-order valence-corrected chi connectivity index (χ3v) is 3.02. The maximum Gasteiger partial charge on any atom is 1.00 e. The Morgan fingerprint density at radius 1 is 1.00 bits per heavy atom. The van der Waals surface area contributed by atoms with Crippen molar-refractivity contribution in [2.45, 2.75) is 0 Å². The number of hydrogen-bond acceptors (Lipinski definition) is 5. The van der Waals surface area contributed by atoms with Crippen molar-refractivity contribution >= 4 is 27.6 Å². The van der Waals surface area contributed by atoms with Gasteiger partial charge in [-0.25, -0.2) is 8.42 Å². The summed E-state index contributed by atoms with van der Waals surface area (Å²) in [5.41, 5.74) is 0.587. The van der Waals surface area contributed by atoms with E-state index in [-0.39, 0.29) is 46.6 Å². The average molecular weight is 330 g/mol. The summed E-state index contributed by atoms with van der Waals surface area (Å²) >= 11 is 0. The molecule has 0 fully saturated rings. The van der Waals surface area contributed by atoms with Crippen LogP contribution in [0.4, 0.5) is 11.4 Å². The molecule has 0 bridgehead atoms. The van der Waals surface area contributed by atoms with E-state index in [2.05, 4.69) is 5.32 Å². The van der Waals surface area contributed by atoms with Gasteiger partial charge in [0.25, 0.3) is 5.91 Å². The molecule has 0 aliphatic carbocycles. The molecule has 2 aromatic rings. The maximum atomic E-state index is 11.9. The molecule has 1 amide bonds. The van der Waals surface area contributed by atoms with Gasteiger partial charge in [0.2, 0.25) is 0 Å². The van der Waals surface area contributed by atoms with Crippen molar-refractivity contribution in [2.75, 3.05) is 10.0 Å². The van der Waals surface area contributed by atoms with E-state index in [1.54, 1.807) is 16.9 Å². The number of benzene rings is 2. The molecule has 2 rings (SSSR count). The first-order valence-corrected chi connectivity index (χ1v) is 7.19. The van der Waals surface area contributed by atoms with E-state index < -0.39 is 16.2 Å². The Labute approximate surface area is 149 Å². The average Bonchev–Trinajstić information content (AvgIpc) is 2.40. The van der Waals surface area contributed by atoms with Crippen LogP contribution in [0.5, 0.6) is 5.75 Å². The Bertz CT molecular complexity index is 762. The number of aromatic hydroxyl groups is 1. The molecule has 0 radical (unpaired) electrons. The second kappa shape index (κ2) is 7.61. The van der Waals surface area contributed by atoms with Crippen molar-refractivity contribution < 1.29 is 52.4 Å². The predicted molar refractivity (Wildman–Crippen MR) is 75.8 cm³/mol. The topological polar surface area (TPSA) is 119 Å². The van der Waals surface area contributed by atoms with Crippen LogP contribution >= 0.6 is 0 Å². The summed E-state index contributed by atoms with van der Waals surface area (Å²) in [4.78, 5) is 11.9. The fraction of sp³-hybridized carbons (Fsp3) is 0. The smallest absolute Gasteiger partial charge is 0.731 e. The molecule has 2 aromatic carbocycles. The Hall–Kier alpha value is -1.58. The van der Waals surface area contributed by atoms with Crippen molar-refractivity contribution in [3.05, 3.63) is 54.1 Å². The largest absolute Gasteiger partial charge is 1.00 e. The van der Waals surface area contributed by atoms with E-state index in [9.17, 15) is 22.9 Å². The molecule has 0 aliphatic heterocycles. The number of nitrogens with one attached hydrogen (secondary N) is 2. The minimum Gasteiger partial charge on any atom is -0.731 e. The fourth-order valence-corrected chi connectivity index (χ4v) is 2.05. The van der Waals surface area contributed by atoms with Gasteiger partial charge in [0.05, 0.1) is 5.56 Å². The van der Waals surface area contributed by atoms with Crippen molar-refractivity contribution in [1.29, 1.82) is 0 Å². The second-order valence-electron chi connectivity index (χ2n) is 4.10.